The summed E-state index contributed by atoms with van der Waals surface area (Å²) in [6.07, 6.45) is 14.1. The summed E-state index contributed by atoms with van der Waals surface area (Å²) in [6, 6.07) is 38.2. The van der Waals surface area contributed by atoms with Gasteiger partial charge >= 0.3 is 0 Å². The minimum absolute atomic E-state index is 0.143. The third-order valence-corrected chi connectivity index (χ3v) is 13.9. The first-order valence-corrected chi connectivity index (χ1v) is 24.8. The van der Waals surface area contributed by atoms with Crippen LogP contribution in [0.3, 0.4) is 0 Å². The largest absolute Gasteiger partial charge is 0.489 e. The highest BCUT2D eigenvalue weighted by Gasteiger charge is 2.34. The van der Waals surface area contributed by atoms with Crippen LogP contribution in [0.5, 0.6) is 5.75 Å². The molecule has 1 aliphatic carbocycles. The summed E-state index contributed by atoms with van der Waals surface area (Å²) in [4.78, 5) is 42.4. The number of benzene rings is 4. The van der Waals surface area contributed by atoms with Crippen molar-refractivity contribution in [2.45, 2.75) is 51.8 Å². The number of fused-ring (bicyclic) bond motifs is 1. The maximum Gasteiger partial charge on any atom is 0.255 e. The number of aryl methyl sites for hydroxylation is 1. The van der Waals surface area contributed by atoms with Gasteiger partial charge in [0.15, 0.2) is 0 Å². The first-order valence-electron chi connectivity index (χ1n) is 24.8. The van der Waals surface area contributed by atoms with Gasteiger partial charge < -0.3 is 35.5 Å². The molecule has 14 nitrogen and oxygen atoms in total. The number of carbonyl (C=O) groups excluding carboxylic acids is 1. The third-order valence-electron chi connectivity index (χ3n) is 13.9. The van der Waals surface area contributed by atoms with Crippen LogP contribution in [-0.4, -0.2) is 103 Å². The molecule has 6 heterocycles. The van der Waals surface area contributed by atoms with Gasteiger partial charge in [-0.05, 0) is 136 Å². The van der Waals surface area contributed by atoms with E-state index in [1.807, 2.05) is 97.9 Å². The van der Waals surface area contributed by atoms with Crippen molar-refractivity contribution in [1.82, 2.24) is 44.2 Å². The van der Waals surface area contributed by atoms with Gasteiger partial charge in [-0.3, -0.25) is 14.7 Å². The SMILES string of the molecule is Cc1ccc(NC(=O)c2ccc(CN3CCN(C)CC3)cc2)cc1Nc1nccc(-c2cccnc2)n1.Nc1ncnc2c1c(-c1cccc(OCc3ccccc3)c1)cn2C1CC(CN2CCCC2)C1. The van der Waals surface area contributed by atoms with E-state index in [9.17, 15) is 4.79 Å². The van der Waals surface area contributed by atoms with Crippen LogP contribution < -0.4 is 21.1 Å². The molecule has 1 saturated carbocycles. The van der Waals surface area contributed by atoms with Crippen LogP contribution >= 0.6 is 0 Å². The van der Waals surface area contributed by atoms with Crippen molar-refractivity contribution >= 4 is 40.1 Å². The summed E-state index contributed by atoms with van der Waals surface area (Å²) in [5.74, 6) is 2.48. The zero-order valence-corrected chi connectivity index (χ0v) is 40.6. The van der Waals surface area contributed by atoms with Crippen LogP contribution in [0.25, 0.3) is 33.4 Å². The Kier molecular flexibility index (Phi) is 14.7. The van der Waals surface area contributed by atoms with Crippen LogP contribution in [0.1, 0.15) is 58.8 Å². The van der Waals surface area contributed by atoms with E-state index in [-0.39, 0.29) is 5.91 Å². The standard InChI is InChI=1S/C29H31N7O.C28H31N5O/c1-21-5-10-25(18-27(21)34-29-31-13-11-26(33-29)24-4-3-12-30-19-24)32-28(37)23-8-6-22(7-9-23)20-36-16-14-35(2)15-17-36;29-27-26-25(22-9-6-10-24(15-22)34-18-20-7-2-1-3-8-20)17-33(28(26)31-19-30-27)23-13-21(14-23)16-32-11-4-5-12-32/h3-13,18-19H,14-17,20H2,1-2H3,(H,32,37)(H,31,33,34);1-3,6-10,15,17,19,21,23H,4-5,11-14,16,18H2,(H2,29,30,31). The van der Waals surface area contributed by atoms with Gasteiger partial charge in [-0.25, -0.2) is 19.9 Å². The number of amides is 1. The Balaban J connectivity index is 0.000000164. The van der Waals surface area contributed by atoms with Crippen LogP contribution in [-0.2, 0) is 13.2 Å². The Labute approximate surface area is 416 Å². The van der Waals surface area contributed by atoms with E-state index >= 15 is 0 Å². The topological polar surface area (TPSA) is 155 Å². The Bertz CT molecular complexity index is 3040. The van der Waals surface area contributed by atoms with Crippen molar-refractivity contribution < 1.29 is 9.53 Å². The molecule has 8 aromatic rings. The summed E-state index contributed by atoms with van der Waals surface area (Å²) < 4.78 is 8.42. The molecule has 1 amide bonds. The van der Waals surface area contributed by atoms with E-state index in [1.165, 1.54) is 50.9 Å². The van der Waals surface area contributed by atoms with Gasteiger partial charge in [-0.1, -0.05) is 60.7 Å². The third kappa shape index (κ3) is 11.7. The first kappa shape index (κ1) is 47.2. The molecule has 71 heavy (non-hydrogen) atoms. The van der Waals surface area contributed by atoms with Crippen molar-refractivity contribution in [3.05, 3.63) is 169 Å². The smallest absolute Gasteiger partial charge is 0.255 e. The number of likely N-dealkylation sites (N-methyl/N-ethyl adjacent to an activating group) is 1. The number of nitrogens with one attached hydrogen (secondary N) is 2. The number of ether oxygens (including phenoxy) is 1. The molecule has 0 unspecified atom stereocenters. The van der Waals surface area contributed by atoms with Crippen molar-refractivity contribution in [2.24, 2.45) is 5.92 Å². The second-order valence-corrected chi connectivity index (χ2v) is 19.1. The maximum atomic E-state index is 12.9. The number of aromatic nitrogens is 6. The number of hydrogen-bond acceptors (Lipinski definition) is 12. The van der Waals surface area contributed by atoms with Gasteiger partial charge in [0, 0.05) is 98.2 Å². The predicted molar refractivity (Wildman–Crippen MR) is 282 cm³/mol. The number of likely N-dealkylation sites (tertiary alicyclic amines) is 1. The number of pyridine rings is 1. The summed E-state index contributed by atoms with van der Waals surface area (Å²) in [7, 11) is 2.16. The lowest BCUT2D eigenvalue weighted by molar-refractivity contribution is 0.102. The van der Waals surface area contributed by atoms with Gasteiger partial charge in [-0.2, -0.15) is 0 Å². The number of hydrogen-bond donors (Lipinski definition) is 3. The monoisotopic (exact) mass is 947 g/mol. The number of piperazine rings is 1. The summed E-state index contributed by atoms with van der Waals surface area (Å²) in [6.45, 7) is 11.5. The fourth-order valence-electron chi connectivity index (χ4n) is 9.78. The zero-order chi connectivity index (χ0) is 48.5. The molecule has 362 valence electrons. The molecular formula is C57H62N12O2. The quantitative estimate of drug-likeness (QED) is 0.0951. The Morgan fingerprint density at radius 2 is 1.58 bits per heavy atom. The molecular weight excluding hydrogens is 885 g/mol. The highest BCUT2D eigenvalue weighted by molar-refractivity contribution is 6.04. The van der Waals surface area contributed by atoms with Crippen LogP contribution in [0.15, 0.2) is 146 Å². The molecule has 3 fully saturated rings. The number of rotatable bonds is 14. The highest BCUT2D eigenvalue weighted by atomic mass is 16.5. The van der Waals surface area contributed by atoms with Crippen LogP contribution in [0.2, 0.25) is 0 Å². The van der Waals surface area contributed by atoms with Gasteiger partial charge in [0.05, 0.1) is 11.1 Å². The molecule has 14 heteroatoms. The fraction of sp³-hybridized carbons (Fsp3) is 0.298. The molecule has 4 N–H and O–H groups in total. The molecule has 11 rings (SSSR count). The average molecular weight is 947 g/mol. The Hall–Kier alpha value is -7.52. The highest BCUT2D eigenvalue weighted by Crippen LogP contribution is 2.44. The number of nitrogens with zero attached hydrogens (tertiary/aromatic N) is 9. The number of anilines is 4. The summed E-state index contributed by atoms with van der Waals surface area (Å²) in [5.41, 5.74) is 16.7. The Morgan fingerprint density at radius 1 is 0.775 bits per heavy atom. The molecule has 0 bridgehead atoms. The molecule has 4 aromatic carbocycles. The van der Waals surface area contributed by atoms with Crippen molar-refractivity contribution in [3.8, 4) is 28.1 Å². The summed E-state index contributed by atoms with van der Waals surface area (Å²) in [5, 5.41) is 7.23. The lowest BCUT2D eigenvalue weighted by Gasteiger charge is -2.38. The van der Waals surface area contributed by atoms with Gasteiger partial charge in [0.1, 0.15) is 30.1 Å². The first-order chi connectivity index (χ1) is 34.8. The number of nitrogen functional groups attached to an aromatic ring is 1. The zero-order valence-electron chi connectivity index (χ0n) is 40.6. The van der Waals surface area contributed by atoms with E-state index in [0.29, 0.717) is 35.7 Å². The molecule has 0 radical (unpaired) electrons. The van der Waals surface area contributed by atoms with E-state index in [4.69, 9.17) is 10.5 Å². The second kappa shape index (κ2) is 22.1. The summed E-state index contributed by atoms with van der Waals surface area (Å²) >= 11 is 0. The van der Waals surface area contributed by atoms with Crippen LogP contribution in [0.4, 0.5) is 23.1 Å². The fourth-order valence-corrected chi connectivity index (χ4v) is 9.78. The lowest BCUT2D eigenvalue weighted by Crippen LogP contribution is -2.43. The van der Waals surface area contributed by atoms with E-state index in [0.717, 1.165) is 94.6 Å². The van der Waals surface area contributed by atoms with E-state index in [1.54, 1.807) is 24.9 Å². The lowest BCUT2D eigenvalue weighted by atomic mass is 9.79. The Morgan fingerprint density at radius 3 is 2.37 bits per heavy atom. The van der Waals surface area contributed by atoms with Crippen molar-refractivity contribution in [1.29, 1.82) is 0 Å². The average Bonchev–Trinajstić information content (AvgIpc) is 4.06. The van der Waals surface area contributed by atoms with Gasteiger partial charge in [0.2, 0.25) is 5.95 Å². The second-order valence-electron chi connectivity index (χ2n) is 19.1. The van der Waals surface area contributed by atoms with Crippen molar-refractivity contribution in [3.63, 3.8) is 0 Å². The maximum absolute atomic E-state index is 12.9. The molecule has 3 aliphatic rings. The normalized spacial score (nSPS) is 17.3. The van der Waals surface area contributed by atoms with E-state index < -0.39 is 0 Å². The molecule has 4 aromatic heterocycles. The van der Waals surface area contributed by atoms with Gasteiger partial charge in [-0.15, -0.1) is 0 Å². The van der Waals surface area contributed by atoms with Crippen LogP contribution in [0, 0.1) is 12.8 Å². The minimum Gasteiger partial charge on any atom is -0.489 e. The molecule has 2 aliphatic heterocycles. The predicted octanol–water partition coefficient (Wildman–Crippen LogP) is 9.90. The molecule has 0 spiro atoms. The minimum atomic E-state index is -0.143. The van der Waals surface area contributed by atoms with E-state index in [2.05, 4.69) is 92.3 Å². The number of carbonyl (C=O) groups is 1. The van der Waals surface area contributed by atoms with Crippen molar-refractivity contribution in [2.75, 3.05) is 69.2 Å². The molecule has 2 saturated heterocycles. The number of nitrogens with two attached hydrogens (primary N) is 1. The van der Waals surface area contributed by atoms with Gasteiger partial charge in [0.25, 0.3) is 5.91 Å². The molecule has 0 atom stereocenters.